The lowest BCUT2D eigenvalue weighted by molar-refractivity contribution is -0.188. The quantitative estimate of drug-likeness (QED) is 0.0156. The Balaban J connectivity index is 1.92. The number of amides is 1. The Labute approximate surface area is 401 Å². The highest BCUT2D eigenvalue weighted by Gasteiger charge is 2.51. The van der Waals surface area contributed by atoms with Gasteiger partial charge in [-0.3, -0.25) is 24.0 Å². The van der Waals surface area contributed by atoms with Crippen molar-refractivity contribution in [2.75, 3.05) is 19.8 Å². The molecule has 2 N–H and O–H groups in total. The van der Waals surface area contributed by atoms with Crippen LogP contribution in [0, 0.1) is 17.8 Å². The number of aliphatic hydroxyl groups is 1. The maximum Gasteiger partial charge on any atom is 0.340 e. The first-order valence-electron chi connectivity index (χ1n) is 23.6. The highest BCUT2D eigenvalue weighted by atomic mass is 16.6. The molecule has 0 bridgehead atoms. The van der Waals surface area contributed by atoms with E-state index in [1.54, 1.807) is 107 Å². The normalized spacial score (nSPS) is 12.9. The van der Waals surface area contributed by atoms with Gasteiger partial charge in [0.15, 0.2) is 30.4 Å². The zero-order valence-corrected chi connectivity index (χ0v) is 40.4. The summed E-state index contributed by atoms with van der Waals surface area (Å²) in [5, 5.41) is 15.1. The fourth-order valence-corrected chi connectivity index (χ4v) is 7.03. The molecule has 0 heterocycles. The molecule has 3 rings (SSSR count). The molecule has 0 aromatic heterocycles. The highest BCUT2D eigenvalue weighted by Crippen LogP contribution is 2.30. The van der Waals surface area contributed by atoms with E-state index in [1.807, 2.05) is 0 Å². The molecule has 0 fully saturated rings. The van der Waals surface area contributed by atoms with Gasteiger partial charge in [0.2, 0.25) is 5.91 Å². The lowest BCUT2D eigenvalue weighted by Gasteiger charge is -2.34. The Hall–Kier alpha value is -6.39. The van der Waals surface area contributed by atoms with E-state index in [1.165, 1.54) is 24.6 Å². The number of benzene rings is 3. The Morgan fingerprint density at radius 1 is 0.721 bits per heavy atom. The summed E-state index contributed by atoms with van der Waals surface area (Å²) in [5.74, 6) is -1.12. The van der Waals surface area contributed by atoms with E-state index in [4.69, 9.17) is 18.9 Å². The smallest absolute Gasteiger partial charge is 0.340 e. The van der Waals surface area contributed by atoms with Crippen LogP contribution in [-0.2, 0) is 44.6 Å². The predicted octanol–water partition coefficient (Wildman–Crippen LogP) is 8.87. The molecule has 1 amide bonds. The van der Waals surface area contributed by atoms with E-state index >= 15 is 0 Å². The molecule has 0 saturated heterocycles. The number of hydrogen-bond acceptors (Lipinski definition) is 12. The van der Waals surface area contributed by atoms with E-state index in [-0.39, 0.29) is 24.4 Å². The molecule has 0 radical (unpaired) electrons. The van der Waals surface area contributed by atoms with E-state index in [9.17, 15) is 38.7 Å². The molecule has 13 heteroatoms. The molecule has 366 valence electrons. The number of allylic oxidation sites excluding steroid dienone is 1. The van der Waals surface area contributed by atoms with Crippen LogP contribution in [-0.4, -0.2) is 83.3 Å². The molecule has 0 unspecified atom stereocenters. The molecule has 0 spiro atoms. The number of ketones is 3. The van der Waals surface area contributed by atoms with Crippen molar-refractivity contribution in [1.82, 2.24) is 5.32 Å². The number of nitrogens with one attached hydrogen (secondary N) is 1. The second-order valence-electron chi connectivity index (χ2n) is 17.6. The monoisotopic (exact) mass is 935 g/mol. The number of Topliss-reactive ketones (excluding diaryl/α,β-unsaturated/α-hetero) is 3. The number of rotatable bonds is 31. The van der Waals surface area contributed by atoms with Crippen LogP contribution in [0.15, 0.2) is 97.1 Å². The van der Waals surface area contributed by atoms with Crippen LogP contribution >= 0.6 is 0 Å². The molecular weight excluding hydrogens is 867 g/mol. The first-order chi connectivity index (χ1) is 32.6. The summed E-state index contributed by atoms with van der Waals surface area (Å²) in [5.41, 5.74) is -3.00. The molecule has 0 aliphatic heterocycles. The second kappa shape index (κ2) is 30.1. The van der Waals surface area contributed by atoms with Crippen molar-refractivity contribution in [3.63, 3.8) is 0 Å². The highest BCUT2D eigenvalue weighted by molar-refractivity contribution is 6.00. The minimum absolute atomic E-state index is 0.156. The van der Waals surface area contributed by atoms with Crippen LogP contribution in [0.5, 0.6) is 5.75 Å². The topological polar surface area (TPSA) is 189 Å². The van der Waals surface area contributed by atoms with Crippen LogP contribution in [0.25, 0.3) is 0 Å². The van der Waals surface area contributed by atoms with Crippen molar-refractivity contribution in [2.45, 2.75) is 142 Å². The molecular formula is C55H69NO12. The number of carbonyl (C=O) groups excluding carboxylic acids is 7. The van der Waals surface area contributed by atoms with Crippen LogP contribution in [0.2, 0.25) is 0 Å². The Morgan fingerprint density at radius 2 is 1.28 bits per heavy atom. The van der Waals surface area contributed by atoms with Gasteiger partial charge in [0.05, 0.1) is 12.3 Å². The fraction of sp³-hybridized carbons (Fsp3) is 0.473. The van der Waals surface area contributed by atoms with Crippen molar-refractivity contribution in [2.24, 2.45) is 5.92 Å². The third-order valence-corrected chi connectivity index (χ3v) is 10.8. The number of unbranched alkanes of at least 4 members (excludes halogenated alkanes) is 8. The Kier molecular flexibility index (Phi) is 24.7. The largest absolute Gasteiger partial charge is 0.481 e. The van der Waals surface area contributed by atoms with Crippen LogP contribution in [0.1, 0.15) is 144 Å². The number of esters is 3. The van der Waals surface area contributed by atoms with Crippen LogP contribution < -0.4 is 10.1 Å². The number of ether oxygens (including phenoxy) is 4. The summed E-state index contributed by atoms with van der Waals surface area (Å²) < 4.78 is 22.0. The Bertz CT molecular complexity index is 2170. The van der Waals surface area contributed by atoms with Gasteiger partial charge < -0.3 is 29.4 Å². The SMILES string of the molecule is CC#CCOc1ccc(C[C@H](NC(=O)[C@@H](C=CCCCCCCC(=O)CCCCCCC)[C@@](O)(CC(=O)OCC(=O)c2ccccc2)C(=O)OC(C)(C)C)C(=O)OCC(=O)c2ccccc2)cc1. The molecule has 13 nitrogen and oxygen atoms in total. The third-order valence-electron chi connectivity index (χ3n) is 10.8. The van der Waals surface area contributed by atoms with Gasteiger partial charge in [0, 0.05) is 30.4 Å². The van der Waals surface area contributed by atoms with Gasteiger partial charge in [0.1, 0.15) is 29.8 Å². The number of carbonyl (C=O) groups is 7. The molecule has 3 aromatic rings. The van der Waals surface area contributed by atoms with Crippen molar-refractivity contribution >= 4 is 41.2 Å². The molecule has 3 aromatic carbocycles. The Morgan fingerprint density at radius 3 is 1.84 bits per heavy atom. The molecule has 3 atom stereocenters. The summed E-state index contributed by atoms with van der Waals surface area (Å²) in [6, 6.07) is 21.5. The standard InChI is InChI=1S/C55H69NO12/c1-6-8-10-13-22-29-44(57)30-23-14-11-12-15-24-31-46(55(64,53(63)68-54(3,4)5)38-50(60)66-39-48(58)42-25-18-16-19-26-42)51(61)56-47(37-41-32-34-45(35-33-41)65-36-9-7-2)52(62)67-40-49(59)43-27-20-17-21-28-43/h16-21,24-28,31-35,46-47,64H,6,8,10-15,22-23,29-30,36-40H2,1-5H3,(H,56,61)/t46-,47+,55+/m1/s1. The van der Waals surface area contributed by atoms with Gasteiger partial charge in [-0.25, -0.2) is 9.59 Å². The maximum atomic E-state index is 14.7. The minimum atomic E-state index is -2.92. The van der Waals surface area contributed by atoms with E-state index in [0.29, 0.717) is 42.6 Å². The van der Waals surface area contributed by atoms with Gasteiger partial charge in [-0.05, 0) is 71.1 Å². The van der Waals surface area contributed by atoms with E-state index in [2.05, 4.69) is 24.1 Å². The van der Waals surface area contributed by atoms with Gasteiger partial charge in [-0.1, -0.05) is 136 Å². The van der Waals surface area contributed by atoms with E-state index < -0.39 is 78.2 Å². The fourth-order valence-electron chi connectivity index (χ4n) is 7.03. The first kappa shape index (κ1) is 55.9. The second-order valence-corrected chi connectivity index (χ2v) is 17.6. The summed E-state index contributed by atoms with van der Waals surface area (Å²) in [7, 11) is 0. The molecule has 0 aliphatic rings. The van der Waals surface area contributed by atoms with Crippen molar-refractivity contribution in [3.8, 4) is 17.6 Å². The summed E-state index contributed by atoms with van der Waals surface area (Å²) >= 11 is 0. The van der Waals surface area contributed by atoms with Crippen LogP contribution in [0.3, 0.4) is 0 Å². The minimum Gasteiger partial charge on any atom is -0.481 e. The summed E-state index contributed by atoms with van der Waals surface area (Å²) in [6.45, 7) is 7.28. The number of hydrogen-bond donors (Lipinski definition) is 2. The summed E-state index contributed by atoms with van der Waals surface area (Å²) in [4.78, 5) is 94.4. The van der Waals surface area contributed by atoms with Crippen molar-refractivity contribution in [1.29, 1.82) is 0 Å². The zero-order chi connectivity index (χ0) is 49.8. The van der Waals surface area contributed by atoms with Crippen molar-refractivity contribution in [3.05, 3.63) is 114 Å². The predicted molar refractivity (Wildman–Crippen MR) is 259 cm³/mol. The third kappa shape index (κ3) is 21.1. The van der Waals surface area contributed by atoms with Gasteiger partial charge in [-0.15, -0.1) is 5.92 Å². The van der Waals surface area contributed by atoms with Gasteiger partial charge in [0.25, 0.3) is 0 Å². The summed E-state index contributed by atoms with van der Waals surface area (Å²) in [6.07, 6.45) is 11.5. The average molecular weight is 936 g/mol. The van der Waals surface area contributed by atoms with Crippen molar-refractivity contribution < 1.29 is 57.6 Å². The maximum absolute atomic E-state index is 14.7. The van der Waals surface area contributed by atoms with Gasteiger partial charge in [-0.2, -0.15) is 0 Å². The average Bonchev–Trinajstić information content (AvgIpc) is 3.32. The lowest BCUT2D eigenvalue weighted by atomic mass is 9.82. The van der Waals surface area contributed by atoms with E-state index in [0.717, 1.165) is 44.9 Å². The first-order valence-corrected chi connectivity index (χ1v) is 23.6. The van der Waals surface area contributed by atoms with Gasteiger partial charge >= 0.3 is 17.9 Å². The van der Waals surface area contributed by atoms with Crippen LogP contribution in [0.4, 0.5) is 0 Å². The molecule has 0 saturated carbocycles. The lowest BCUT2D eigenvalue weighted by Crippen LogP contribution is -2.57. The molecule has 0 aliphatic carbocycles. The molecule has 68 heavy (non-hydrogen) atoms. The zero-order valence-electron chi connectivity index (χ0n) is 40.4.